The fraction of sp³-hybridized carbons (Fsp3) is 0.200. The molecular formula is C60H58N2O4. The third kappa shape index (κ3) is 9.03. The van der Waals surface area contributed by atoms with Crippen molar-refractivity contribution in [2.75, 3.05) is 24.7 Å². The molecule has 332 valence electrons. The Morgan fingerprint density at radius 3 is 1.58 bits per heavy atom. The minimum atomic E-state index is 0.203. The molecule has 2 heterocycles. The summed E-state index contributed by atoms with van der Waals surface area (Å²) in [5, 5.41) is 26.7. The zero-order valence-electron chi connectivity index (χ0n) is 39.1. The van der Waals surface area contributed by atoms with Gasteiger partial charge in [0.2, 0.25) is 0 Å². The van der Waals surface area contributed by atoms with Gasteiger partial charge in [0, 0.05) is 51.7 Å². The summed E-state index contributed by atoms with van der Waals surface area (Å²) in [4.78, 5) is 2.20. The Kier molecular flexibility index (Phi) is 13.4. The van der Waals surface area contributed by atoms with E-state index in [4.69, 9.17) is 9.47 Å². The number of benzene rings is 7. The van der Waals surface area contributed by atoms with Gasteiger partial charge in [-0.1, -0.05) is 91.0 Å². The van der Waals surface area contributed by atoms with Crippen molar-refractivity contribution in [3.05, 3.63) is 185 Å². The first-order valence-corrected chi connectivity index (χ1v) is 22.7. The summed E-state index contributed by atoms with van der Waals surface area (Å²) < 4.78 is 15.5. The first-order chi connectivity index (χ1) is 32.0. The van der Waals surface area contributed by atoms with Crippen LogP contribution >= 0.6 is 0 Å². The van der Waals surface area contributed by atoms with E-state index in [0.717, 1.165) is 112 Å². The highest BCUT2D eigenvalue weighted by molar-refractivity contribution is 6.09. The Bertz CT molecular complexity index is 3140. The van der Waals surface area contributed by atoms with Gasteiger partial charge in [-0.2, -0.15) is 0 Å². The lowest BCUT2D eigenvalue weighted by Gasteiger charge is -2.28. The number of nitrogens with zero attached hydrogens (tertiary/aromatic N) is 2. The van der Waals surface area contributed by atoms with Gasteiger partial charge in [-0.15, -0.1) is 12.3 Å². The number of aryl methyl sites for hydroxylation is 6. The molecule has 0 saturated carbocycles. The molecule has 6 nitrogen and oxygen atoms in total. The van der Waals surface area contributed by atoms with Crippen molar-refractivity contribution in [1.82, 2.24) is 4.57 Å². The number of aromatic hydroxyl groups is 2. The topological polar surface area (TPSA) is 67.1 Å². The molecule has 9 rings (SSSR count). The Morgan fingerprint density at radius 2 is 1.00 bits per heavy atom. The van der Waals surface area contributed by atoms with Gasteiger partial charge in [0.05, 0.1) is 35.6 Å². The maximum Gasteiger partial charge on any atom is 0.147 e. The van der Waals surface area contributed by atoms with E-state index in [1.165, 1.54) is 5.56 Å². The summed E-state index contributed by atoms with van der Waals surface area (Å²) >= 11 is 0. The lowest BCUT2D eigenvalue weighted by Crippen LogP contribution is -2.19. The number of phenolic OH excluding ortho intramolecular Hbond substituents is 2. The van der Waals surface area contributed by atoms with Crippen LogP contribution in [0.2, 0.25) is 0 Å². The molecule has 0 atom stereocenters. The van der Waals surface area contributed by atoms with E-state index in [0.29, 0.717) is 26.2 Å². The molecule has 66 heavy (non-hydrogen) atoms. The number of fused-ring (bicyclic) bond motifs is 4. The number of allylic oxidation sites excluding steroid dienone is 3. The molecule has 0 saturated heterocycles. The average Bonchev–Trinajstić information content (AvgIpc) is 3.67. The van der Waals surface area contributed by atoms with Gasteiger partial charge in [-0.3, -0.25) is 0 Å². The van der Waals surface area contributed by atoms with Crippen molar-refractivity contribution in [3.8, 4) is 63.3 Å². The molecule has 6 heteroatoms. The molecule has 0 spiro atoms. The Labute approximate surface area is 389 Å². The van der Waals surface area contributed by atoms with Crippen molar-refractivity contribution >= 4 is 33.2 Å². The molecule has 0 bridgehead atoms. The summed E-state index contributed by atoms with van der Waals surface area (Å²) in [5.74, 6) is 4.16. The zero-order chi connectivity index (χ0) is 46.5. The Balaban J connectivity index is 0.00000192. The molecule has 0 aliphatic carbocycles. The van der Waals surface area contributed by atoms with Crippen LogP contribution in [0.15, 0.2) is 146 Å². The standard InChI is InChI=1S/C57H54N2O4.C3H4/c1-36-28-40(5)56(47(32-36)45-30-38(3)34-52(54(45)60)58-25-16-8-7-9-18-42-19-10-13-22-49(42)58)62-26-17-27-63-57-41(6)29-37(2)33-48(57)46-31-39(4)35-53(55(46)61)59-50-23-14-11-20-43(50)44-21-12-15-24-51(44)59;1-3-2/h7-16,19-24,28-35,60-61H,17-18,25-27H2,1-6H3;1H,2H3/b9-7-,16-8-;. The predicted molar refractivity (Wildman–Crippen MR) is 275 cm³/mol. The molecule has 7 aromatic carbocycles. The second kappa shape index (κ2) is 19.6. The monoisotopic (exact) mass is 870 g/mol. The fourth-order valence-corrected chi connectivity index (χ4v) is 9.38. The largest absolute Gasteiger partial charge is 0.505 e. The van der Waals surface area contributed by atoms with Gasteiger partial charge in [-0.25, -0.2) is 0 Å². The number of aromatic nitrogens is 1. The summed E-state index contributed by atoms with van der Waals surface area (Å²) in [6.07, 6.45) is 14.5. The first-order valence-electron chi connectivity index (χ1n) is 22.7. The van der Waals surface area contributed by atoms with Crippen LogP contribution in [0.4, 0.5) is 11.4 Å². The van der Waals surface area contributed by atoms with Crippen molar-refractivity contribution < 1.29 is 19.7 Å². The van der Waals surface area contributed by atoms with Gasteiger partial charge >= 0.3 is 0 Å². The molecule has 0 fully saturated rings. The number of hydrogen-bond acceptors (Lipinski definition) is 5. The lowest BCUT2D eigenvalue weighted by molar-refractivity contribution is 0.247. The number of rotatable bonds is 10. The molecule has 0 radical (unpaired) electrons. The molecule has 0 unspecified atom stereocenters. The second-order valence-electron chi connectivity index (χ2n) is 17.3. The fourth-order valence-electron chi connectivity index (χ4n) is 9.38. The third-order valence-electron chi connectivity index (χ3n) is 12.1. The SMILES string of the molecule is C#CC.Cc1cc(C)c(OCCCOc2c(C)cc(C)cc2-c2cc(C)cc(-n3c4ccccc4c4ccccc43)c2O)c(-c2cc(C)cc(N3C/C=C\C=C/Cc4ccccc43)c2O)c1. The highest BCUT2D eigenvalue weighted by Crippen LogP contribution is 2.47. The smallest absolute Gasteiger partial charge is 0.147 e. The van der Waals surface area contributed by atoms with Crippen LogP contribution in [0.5, 0.6) is 23.0 Å². The summed E-state index contributed by atoms with van der Waals surface area (Å²) in [5.41, 5.74) is 15.3. The molecule has 1 aromatic heterocycles. The third-order valence-corrected chi connectivity index (χ3v) is 12.1. The number of anilines is 2. The number of hydrogen-bond donors (Lipinski definition) is 2. The van der Waals surface area contributed by atoms with Gasteiger partial charge < -0.3 is 29.2 Å². The van der Waals surface area contributed by atoms with E-state index >= 15 is 0 Å². The normalized spacial score (nSPS) is 13.2. The number of ether oxygens (including phenoxy) is 2. The van der Waals surface area contributed by atoms with E-state index in [9.17, 15) is 10.2 Å². The minimum Gasteiger partial charge on any atom is -0.505 e. The van der Waals surface area contributed by atoms with E-state index in [-0.39, 0.29) is 11.5 Å². The Morgan fingerprint density at radius 1 is 0.545 bits per heavy atom. The van der Waals surface area contributed by atoms with Gasteiger partial charge in [0.1, 0.15) is 23.0 Å². The zero-order valence-corrected chi connectivity index (χ0v) is 39.1. The number of para-hydroxylation sites is 3. The minimum absolute atomic E-state index is 0.203. The summed E-state index contributed by atoms with van der Waals surface area (Å²) in [6.45, 7) is 15.5. The van der Waals surface area contributed by atoms with Gasteiger partial charge in [0.25, 0.3) is 0 Å². The number of terminal acetylenes is 1. The van der Waals surface area contributed by atoms with Crippen LogP contribution < -0.4 is 14.4 Å². The molecule has 0 amide bonds. The lowest BCUT2D eigenvalue weighted by atomic mass is 9.95. The van der Waals surface area contributed by atoms with Crippen LogP contribution in [0.3, 0.4) is 0 Å². The first kappa shape index (κ1) is 45.0. The summed E-state index contributed by atoms with van der Waals surface area (Å²) in [6, 6.07) is 41.8. The van der Waals surface area contributed by atoms with E-state index in [1.54, 1.807) is 6.92 Å². The highest BCUT2D eigenvalue weighted by Gasteiger charge is 2.24. The predicted octanol–water partition coefficient (Wildman–Crippen LogP) is 14.7. The van der Waals surface area contributed by atoms with Crippen LogP contribution in [0.25, 0.3) is 49.7 Å². The van der Waals surface area contributed by atoms with Crippen LogP contribution in [0, 0.1) is 53.9 Å². The highest BCUT2D eigenvalue weighted by atomic mass is 16.5. The maximum atomic E-state index is 12.2. The van der Waals surface area contributed by atoms with Crippen LogP contribution in [-0.2, 0) is 6.42 Å². The molecule has 2 N–H and O–H groups in total. The van der Waals surface area contributed by atoms with Gasteiger partial charge in [-0.05, 0) is 148 Å². The Hall–Kier alpha value is -7.62. The van der Waals surface area contributed by atoms with E-state index in [2.05, 4.69) is 191 Å². The van der Waals surface area contributed by atoms with Crippen molar-refractivity contribution in [2.45, 2.75) is 61.3 Å². The second-order valence-corrected chi connectivity index (χ2v) is 17.3. The maximum absolute atomic E-state index is 12.2. The van der Waals surface area contributed by atoms with Crippen molar-refractivity contribution in [2.24, 2.45) is 0 Å². The summed E-state index contributed by atoms with van der Waals surface area (Å²) in [7, 11) is 0. The molecule has 1 aliphatic heterocycles. The van der Waals surface area contributed by atoms with Gasteiger partial charge in [0.15, 0.2) is 0 Å². The molecule has 1 aliphatic rings. The molecular weight excluding hydrogens is 813 g/mol. The van der Waals surface area contributed by atoms with Crippen LogP contribution in [-0.4, -0.2) is 34.5 Å². The average molecular weight is 871 g/mol. The van der Waals surface area contributed by atoms with Crippen LogP contribution in [0.1, 0.15) is 52.3 Å². The number of phenols is 2. The molecule has 8 aromatic rings. The van der Waals surface area contributed by atoms with Crippen molar-refractivity contribution in [3.63, 3.8) is 0 Å². The van der Waals surface area contributed by atoms with Crippen molar-refractivity contribution in [1.29, 1.82) is 0 Å². The quantitative estimate of drug-likeness (QED) is 0.106. The van der Waals surface area contributed by atoms with E-state index < -0.39 is 0 Å². The van der Waals surface area contributed by atoms with E-state index in [1.807, 2.05) is 18.2 Å².